The van der Waals surface area contributed by atoms with Crippen molar-refractivity contribution in [3.63, 3.8) is 0 Å². The number of nitrogens with one attached hydrogen (secondary N) is 1. The summed E-state index contributed by atoms with van der Waals surface area (Å²) in [6, 6.07) is 6.06. The van der Waals surface area contributed by atoms with Crippen LogP contribution < -0.4 is 10.1 Å². The van der Waals surface area contributed by atoms with Gasteiger partial charge in [0, 0.05) is 62.5 Å². The second-order valence-corrected chi connectivity index (χ2v) is 10.7. The first-order valence-corrected chi connectivity index (χ1v) is 13.5. The Balaban J connectivity index is 1.11. The number of imidazole rings is 2. The van der Waals surface area contributed by atoms with Crippen LogP contribution in [0.1, 0.15) is 62.0 Å². The second kappa shape index (κ2) is 9.50. The summed E-state index contributed by atoms with van der Waals surface area (Å²) in [5, 5.41) is 3.42. The molecule has 0 radical (unpaired) electrons. The molecule has 2 aliphatic carbocycles. The smallest absolute Gasteiger partial charge is 0.210 e. The number of pyridine rings is 2. The quantitative estimate of drug-likeness (QED) is 0.338. The average molecular weight is 514 g/mol. The van der Waals surface area contributed by atoms with E-state index in [1.54, 1.807) is 18.5 Å². The van der Waals surface area contributed by atoms with Crippen molar-refractivity contribution in [3.05, 3.63) is 48.3 Å². The van der Waals surface area contributed by atoms with Crippen molar-refractivity contribution in [2.45, 2.75) is 56.9 Å². The molecule has 0 aromatic carbocycles. The van der Waals surface area contributed by atoms with Gasteiger partial charge in [-0.2, -0.15) is 4.98 Å². The van der Waals surface area contributed by atoms with Crippen LogP contribution in [-0.2, 0) is 23.0 Å². The monoisotopic (exact) mass is 513 g/mol. The van der Waals surface area contributed by atoms with Crippen molar-refractivity contribution in [3.8, 4) is 11.5 Å². The molecule has 2 saturated carbocycles. The molecule has 10 nitrogen and oxygen atoms in total. The molecule has 0 bridgehead atoms. The zero-order valence-corrected chi connectivity index (χ0v) is 21.5. The number of carbonyl (C=O) groups is 1. The minimum Gasteiger partial charge on any atom is -0.456 e. The Morgan fingerprint density at radius 2 is 2.03 bits per heavy atom. The topological polar surface area (TPSA) is 109 Å². The molecule has 5 heterocycles. The Labute approximate surface area is 220 Å². The van der Waals surface area contributed by atoms with E-state index in [0.29, 0.717) is 41.5 Å². The van der Waals surface area contributed by atoms with Crippen LogP contribution in [0.15, 0.2) is 36.8 Å². The maximum atomic E-state index is 12.2. The molecule has 0 amide bonds. The molecule has 1 aliphatic heterocycles. The first-order valence-electron chi connectivity index (χ1n) is 13.5. The van der Waals surface area contributed by atoms with E-state index in [1.807, 2.05) is 23.7 Å². The molecule has 3 aliphatic rings. The SMILES string of the molecule is Cn1c(Nc2cn(C3CCC3)c([C@H]3CCOC3)n2)nc2ncc(Oc3ccnc(CC(=O)C4CC4)c3)cc21. The van der Waals surface area contributed by atoms with Gasteiger partial charge in [0.25, 0.3) is 0 Å². The van der Waals surface area contributed by atoms with Crippen LogP contribution in [-0.4, -0.2) is 48.1 Å². The number of hydrogen-bond acceptors (Lipinski definition) is 8. The van der Waals surface area contributed by atoms with Gasteiger partial charge in [-0.05, 0) is 44.6 Å². The van der Waals surface area contributed by atoms with E-state index in [2.05, 4.69) is 26.0 Å². The number of rotatable bonds is 9. The summed E-state index contributed by atoms with van der Waals surface area (Å²) in [7, 11) is 1.95. The number of nitrogens with zero attached hydrogens (tertiary/aromatic N) is 6. The fraction of sp³-hybridized carbons (Fsp3) is 0.464. The molecule has 1 N–H and O–H groups in total. The van der Waals surface area contributed by atoms with E-state index in [9.17, 15) is 4.79 Å². The van der Waals surface area contributed by atoms with Gasteiger partial charge in [0.1, 0.15) is 23.1 Å². The number of ketones is 1. The number of carbonyl (C=O) groups excluding carboxylic acids is 1. The lowest BCUT2D eigenvalue weighted by molar-refractivity contribution is -0.119. The Bertz CT molecular complexity index is 1500. The van der Waals surface area contributed by atoms with Crippen molar-refractivity contribution in [2.75, 3.05) is 18.5 Å². The van der Waals surface area contributed by atoms with Crippen LogP contribution >= 0.6 is 0 Å². The van der Waals surface area contributed by atoms with Crippen molar-refractivity contribution < 1.29 is 14.3 Å². The van der Waals surface area contributed by atoms with Crippen molar-refractivity contribution >= 4 is 28.7 Å². The van der Waals surface area contributed by atoms with E-state index < -0.39 is 0 Å². The normalized spacial score (nSPS) is 19.6. The van der Waals surface area contributed by atoms with Crippen LogP contribution in [0.2, 0.25) is 0 Å². The fourth-order valence-electron chi connectivity index (χ4n) is 5.28. The largest absolute Gasteiger partial charge is 0.456 e. The summed E-state index contributed by atoms with van der Waals surface area (Å²) in [6.45, 7) is 1.53. The highest BCUT2D eigenvalue weighted by atomic mass is 16.5. The zero-order valence-electron chi connectivity index (χ0n) is 21.5. The average Bonchev–Trinajstić information content (AvgIpc) is 3.31. The second-order valence-electron chi connectivity index (χ2n) is 10.7. The van der Waals surface area contributed by atoms with Crippen molar-refractivity contribution in [2.24, 2.45) is 13.0 Å². The Morgan fingerprint density at radius 3 is 2.79 bits per heavy atom. The van der Waals surface area contributed by atoms with E-state index in [0.717, 1.165) is 55.3 Å². The predicted molar refractivity (Wildman–Crippen MR) is 141 cm³/mol. The lowest BCUT2D eigenvalue weighted by Gasteiger charge is -2.29. The van der Waals surface area contributed by atoms with Gasteiger partial charge in [-0.15, -0.1) is 0 Å². The lowest BCUT2D eigenvalue weighted by atomic mass is 9.92. The lowest BCUT2D eigenvalue weighted by Crippen LogP contribution is -2.20. The number of hydrogen-bond donors (Lipinski definition) is 1. The molecular weight excluding hydrogens is 482 g/mol. The van der Waals surface area contributed by atoms with Gasteiger partial charge in [-0.25, -0.2) is 9.97 Å². The number of fused-ring (bicyclic) bond motifs is 1. The van der Waals surface area contributed by atoms with Crippen LogP contribution in [0.25, 0.3) is 11.2 Å². The van der Waals surface area contributed by atoms with Gasteiger partial charge in [0.05, 0.1) is 24.0 Å². The molecule has 7 rings (SSSR count). The summed E-state index contributed by atoms with van der Waals surface area (Å²) in [5.41, 5.74) is 2.19. The minimum absolute atomic E-state index is 0.218. The number of aryl methyl sites for hydroxylation is 1. The van der Waals surface area contributed by atoms with Gasteiger partial charge in [0.15, 0.2) is 11.5 Å². The van der Waals surface area contributed by atoms with E-state index >= 15 is 0 Å². The van der Waals surface area contributed by atoms with Crippen molar-refractivity contribution in [1.82, 2.24) is 29.1 Å². The molecule has 0 unspecified atom stereocenters. The first-order chi connectivity index (χ1) is 18.6. The van der Waals surface area contributed by atoms with Crippen LogP contribution in [0.5, 0.6) is 11.5 Å². The number of Topliss-reactive ketones (excluding diaryl/α,β-unsaturated/α-hetero) is 1. The third-order valence-electron chi connectivity index (χ3n) is 7.89. The Kier molecular flexibility index (Phi) is 5.84. The third kappa shape index (κ3) is 4.53. The summed E-state index contributed by atoms with van der Waals surface area (Å²) in [4.78, 5) is 30.7. The molecule has 4 aromatic heterocycles. The van der Waals surface area contributed by atoms with Gasteiger partial charge >= 0.3 is 0 Å². The van der Waals surface area contributed by atoms with Gasteiger partial charge < -0.3 is 23.9 Å². The maximum absolute atomic E-state index is 12.2. The minimum atomic E-state index is 0.218. The van der Waals surface area contributed by atoms with Crippen molar-refractivity contribution in [1.29, 1.82) is 0 Å². The third-order valence-corrected chi connectivity index (χ3v) is 7.89. The standard InChI is InChI=1S/C28H31N7O3/c1-34-23-13-22(38-21-7-9-29-19(11-21)12-24(36)17-5-6-17)14-30-26(23)33-28(34)32-25-15-35(20-3-2-4-20)27(31-25)18-8-10-37-16-18/h7,9,11,13-15,17-18,20H,2-6,8,10,12,16H2,1H3,(H,30,32,33)/t18-/m0/s1. The number of ether oxygens (including phenoxy) is 2. The summed E-state index contributed by atoms with van der Waals surface area (Å²) < 4.78 is 16.0. The Morgan fingerprint density at radius 1 is 1.13 bits per heavy atom. The highest BCUT2D eigenvalue weighted by molar-refractivity contribution is 5.85. The highest BCUT2D eigenvalue weighted by Crippen LogP contribution is 2.37. The van der Waals surface area contributed by atoms with Gasteiger partial charge in [0.2, 0.25) is 5.95 Å². The molecule has 1 atom stereocenters. The van der Waals surface area contributed by atoms with Crippen LogP contribution in [0.3, 0.4) is 0 Å². The fourth-order valence-corrected chi connectivity index (χ4v) is 5.28. The predicted octanol–water partition coefficient (Wildman–Crippen LogP) is 4.85. The van der Waals surface area contributed by atoms with Gasteiger partial charge in [-0.1, -0.05) is 0 Å². The van der Waals surface area contributed by atoms with Crippen LogP contribution in [0, 0.1) is 5.92 Å². The van der Waals surface area contributed by atoms with E-state index in [4.69, 9.17) is 19.4 Å². The molecule has 10 heteroatoms. The summed E-state index contributed by atoms with van der Waals surface area (Å²) in [6.07, 6.45) is 12.5. The molecule has 3 fully saturated rings. The molecule has 4 aromatic rings. The number of anilines is 2. The van der Waals surface area contributed by atoms with E-state index in [-0.39, 0.29) is 11.7 Å². The molecule has 1 saturated heterocycles. The Hall–Kier alpha value is -3.79. The maximum Gasteiger partial charge on any atom is 0.210 e. The van der Waals surface area contributed by atoms with Crippen LogP contribution in [0.4, 0.5) is 11.8 Å². The molecule has 196 valence electrons. The number of aromatic nitrogens is 6. The molecule has 38 heavy (non-hydrogen) atoms. The molecular formula is C28H31N7O3. The zero-order chi connectivity index (χ0) is 25.6. The van der Waals surface area contributed by atoms with E-state index in [1.165, 1.54) is 19.3 Å². The molecule has 0 spiro atoms. The highest BCUT2D eigenvalue weighted by Gasteiger charge is 2.30. The van der Waals surface area contributed by atoms with Gasteiger partial charge in [-0.3, -0.25) is 9.78 Å². The summed E-state index contributed by atoms with van der Waals surface area (Å²) in [5.74, 6) is 4.61. The first kappa shape index (κ1) is 23.3. The summed E-state index contributed by atoms with van der Waals surface area (Å²) >= 11 is 0.